The summed E-state index contributed by atoms with van der Waals surface area (Å²) in [5.74, 6) is -4.12. The zero-order chi connectivity index (χ0) is 42.7. The van der Waals surface area contributed by atoms with Gasteiger partial charge in [-0.05, 0) is 56.9 Å². The number of aliphatic hydroxyl groups is 1. The lowest BCUT2D eigenvalue weighted by molar-refractivity contribution is -0.144. The number of amides is 6. The summed E-state index contributed by atoms with van der Waals surface area (Å²) < 4.78 is 6.05. The van der Waals surface area contributed by atoms with Gasteiger partial charge in [0, 0.05) is 19.5 Å². The number of nitrogens with zero attached hydrogens (tertiary/aromatic N) is 2. The predicted molar refractivity (Wildman–Crippen MR) is 223 cm³/mol. The van der Waals surface area contributed by atoms with Crippen LogP contribution in [0.15, 0.2) is 43.0 Å². The topological polar surface area (TPSA) is 199 Å². The third kappa shape index (κ3) is 11.6. The number of carbonyl (C=O) groups excluding carboxylic acids is 6. The van der Waals surface area contributed by atoms with Crippen LogP contribution in [0.2, 0.25) is 0 Å². The Bertz CT molecular complexity index is 1660. The molecule has 0 saturated carbocycles. The van der Waals surface area contributed by atoms with E-state index in [4.69, 9.17) is 17.0 Å². The zero-order valence-electron chi connectivity index (χ0n) is 34.8. The summed E-state index contributed by atoms with van der Waals surface area (Å²) >= 11 is 5.79. The lowest BCUT2D eigenvalue weighted by Gasteiger charge is -2.33. The lowest BCUT2D eigenvalue weighted by atomic mass is 9.96. The first-order chi connectivity index (χ1) is 27.5. The van der Waals surface area contributed by atoms with E-state index >= 15 is 0 Å². The van der Waals surface area contributed by atoms with E-state index in [2.05, 4.69) is 33.2 Å². The Labute approximate surface area is 347 Å². The molecule has 3 fully saturated rings. The minimum Gasteiger partial charge on any atom is -0.394 e. The van der Waals surface area contributed by atoms with Crippen LogP contribution in [0.1, 0.15) is 85.6 Å². The van der Waals surface area contributed by atoms with Crippen LogP contribution in [0.4, 0.5) is 0 Å². The van der Waals surface area contributed by atoms with E-state index in [0.717, 1.165) is 5.56 Å². The van der Waals surface area contributed by atoms with Crippen LogP contribution in [0.5, 0.6) is 0 Å². The van der Waals surface area contributed by atoms with Gasteiger partial charge in [-0.1, -0.05) is 89.2 Å². The minimum absolute atomic E-state index is 0.116. The second-order valence-electron chi connectivity index (χ2n) is 16.3. The second kappa shape index (κ2) is 21.0. The molecule has 1 aromatic rings. The Balaban J connectivity index is 1.80. The number of ether oxygens (including phenoxy) is 1. The van der Waals surface area contributed by atoms with Crippen LogP contribution in [0.3, 0.4) is 0 Å². The van der Waals surface area contributed by atoms with Gasteiger partial charge >= 0.3 is 0 Å². The number of fused-ring (bicyclic) bond motifs is 2. The van der Waals surface area contributed by atoms with Crippen molar-refractivity contribution in [1.29, 1.82) is 0 Å². The SMILES string of the molecule is C=CC(C)(C)OC[C@@H]1NC(=O)[C@H]([C@@H](C)CC)NC(=O)[C@@H]2CCCN2C(=O)[C@H]([C@@H](C)CC)NC(=O)[C@H](CO)NC(=S)[C@@H]2CCCN2C(=O)[C@H](Cc2ccccc2)NC1=O. The summed E-state index contributed by atoms with van der Waals surface area (Å²) in [5, 5.41) is 24.8. The van der Waals surface area contributed by atoms with E-state index in [9.17, 15) is 33.9 Å². The van der Waals surface area contributed by atoms with Crippen molar-refractivity contribution in [3.8, 4) is 0 Å². The van der Waals surface area contributed by atoms with Crippen molar-refractivity contribution >= 4 is 52.6 Å². The highest BCUT2D eigenvalue weighted by Crippen LogP contribution is 2.24. The van der Waals surface area contributed by atoms with Crippen molar-refractivity contribution in [1.82, 2.24) is 36.4 Å². The van der Waals surface area contributed by atoms with Crippen molar-refractivity contribution < 1.29 is 38.6 Å². The molecule has 0 aliphatic carbocycles. The molecule has 3 aliphatic heterocycles. The molecule has 3 aliphatic rings. The highest BCUT2D eigenvalue weighted by Gasteiger charge is 2.43. The van der Waals surface area contributed by atoms with Gasteiger partial charge in [-0.3, -0.25) is 28.8 Å². The Morgan fingerprint density at radius 3 is 1.93 bits per heavy atom. The smallest absolute Gasteiger partial charge is 0.246 e. The fraction of sp³-hybridized carbons (Fsp3) is 0.643. The standard InChI is InChI=1S/C42H63N7O8S/c1-8-25(4)33-38(54)44-30(24-57-42(6,7)10-3)36(52)43-28(22-27-16-12-11-13-17-27)40(55)49-21-15-19-32(49)39(58)45-29(23-50)35(51)47-34(26(5)9-2)41(56)48-20-14-18-31(48)37(53)46-33/h10-13,16-17,25-26,28-34,50H,3,8-9,14-15,18-24H2,1-2,4-7H3,(H,43,52)(H,44,54)(H,45,58)(H,46,53)(H,47,51)/t25-,26-,28-,29-,30-,31-,32-,33-,34-/m0/s1. The van der Waals surface area contributed by atoms with Crippen LogP contribution in [-0.4, -0.2) is 130 Å². The minimum atomic E-state index is -1.30. The fourth-order valence-electron chi connectivity index (χ4n) is 7.46. The summed E-state index contributed by atoms with van der Waals surface area (Å²) in [5.41, 5.74) is -0.105. The number of hydrogen-bond donors (Lipinski definition) is 6. The average Bonchev–Trinajstić information content (AvgIpc) is 3.92. The summed E-state index contributed by atoms with van der Waals surface area (Å²) in [6.07, 6.45) is 4.63. The summed E-state index contributed by atoms with van der Waals surface area (Å²) in [4.78, 5) is 88.5. The molecule has 6 N–H and O–H groups in total. The molecule has 3 saturated heterocycles. The molecule has 1 aromatic carbocycles. The monoisotopic (exact) mass is 825 g/mol. The Hall–Kier alpha value is -4.41. The number of rotatable bonds is 11. The molecular weight excluding hydrogens is 763 g/mol. The summed E-state index contributed by atoms with van der Waals surface area (Å²) in [6.45, 7) is 14.4. The number of hydrogen-bond acceptors (Lipinski definition) is 9. The molecule has 320 valence electrons. The van der Waals surface area contributed by atoms with Gasteiger partial charge in [0.2, 0.25) is 35.4 Å². The maximum absolute atomic E-state index is 14.6. The third-order valence-corrected chi connectivity index (χ3v) is 12.1. The molecule has 15 nitrogen and oxygen atoms in total. The summed E-state index contributed by atoms with van der Waals surface area (Å²) in [7, 11) is 0. The van der Waals surface area contributed by atoms with E-state index in [0.29, 0.717) is 45.1 Å². The van der Waals surface area contributed by atoms with Crippen molar-refractivity contribution in [2.45, 2.75) is 134 Å². The second-order valence-corrected chi connectivity index (χ2v) is 16.7. The molecule has 0 bridgehead atoms. The van der Waals surface area contributed by atoms with Crippen LogP contribution in [-0.2, 0) is 39.9 Å². The molecule has 3 heterocycles. The van der Waals surface area contributed by atoms with Gasteiger partial charge in [-0.25, -0.2) is 0 Å². The van der Waals surface area contributed by atoms with E-state index in [1.54, 1.807) is 24.8 Å². The molecule has 9 atom stereocenters. The number of thiocarbonyl (C=S) groups is 1. The van der Waals surface area contributed by atoms with Gasteiger partial charge in [0.25, 0.3) is 0 Å². The van der Waals surface area contributed by atoms with Crippen LogP contribution < -0.4 is 26.6 Å². The van der Waals surface area contributed by atoms with Gasteiger partial charge in [-0.15, -0.1) is 6.58 Å². The molecular formula is C42H63N7O8S. The molecule has 4 rings (SSSR count). The van der Waals surface area contributed by atoms with Crippen LogP contribution >= 0.6 is 12.2 Å². The molecule has 6 amide bonds. The normalized spacial score (nSPS) is 28.2. The number of carbonyl (C=O) groups is 6. The number of aliphatic hydroxyl groups excluding tert-OH is 1. The average molecular weight is 826 g/mol. The van der Waals surface area contributed by atoms with Crippen molar-refractivity contribution in [3.05, 3.63) is 48.6 Å². The third-order valence-electron chi connectivity index (χ3n) is 11.7. The molecule has 0 aromatic heterocycles. The molecule has 0 spiro atoms. The van der Waals surface area contributed by atoms with E-state index in [-0.39, 0.29) is 36.4 Å². The maximum atomic E-state index is 14.6. The first kappa shape index (κ1) is 46.3. The molecule has 16 heteroatoms. The Kier molecular flexibility index (Phi) is 16.8. The first-order valence-electron chi connectivity index (χ1n) is 20.6. The molecule has 0 unspecified atom stereocenters. The van der Waals surface area contributed by atoms with Crippen LogP contribution in [0, 0.1) is 11.8 Å². The quantitative estimate of drug-likeness (QED) is 0.141. The van der Waals surface area contributed by atoms with E-state index in [1.165, 1.54) is 4.90 Å². The van der Waals surface area contributed by atoms with Gasteiger partial charge in [-0.2, -0.15) is 0 Å². The van der Waals surface area contributed by atoms with Crippen molar-refractivity contribution in [2.24, 2.45) is 11.8 Å². The van der Waals surface area contributed by atoms with E-state index < -0.39 is 89.9 Å². The Morgan fingerprint density at radius 2 is 1.33 bits per heavy atom. The largest absolute Gasteiger partial charge is 0.394 e. The van der Waals surface area contributed by atoms with Gasteiger partial charge < -0.3 is 46.2 Å². The highest BCUT2D eigenvalue weighted by molar-refractivity contribution is 7.80. The summed E-state index contributed by atoms with van der Waals surface area (Å²) in [6, 6.07) is 1.84. The first-order valence-corrected chi connectivity index (χ1v) is 21.0. The maximum Gasteiger partial charge on any atom is 0.246 e. The lowest BCUT2D eigenvalue weighted by Crippen LogP contribution is -2.61. The zero-order valence-corrected chi connectivity index (χ0v) is 35.6. The van der Waals surface area contributed by atoms with E-state index in [1.807, 2.05) is 58.0 Å². The predicted octanol–water partition coefficient (Wildman–Crippen LogP) is 1.52. The van der Waals surface area contributed by atoms with Crippen molar-refractivity contribution in [3.63, 3.8) is 0 Å². The molecule has 58 heavy (non-hydrogen) atoms. The van der Waals surface area contributed by atoms with Crippen molar-refractivity contribution in [2.75, 3.05) is 26.3 Å². The number of benzene rings is 1. The fourth-order valence-corrected chi connectivity index (χ4v) is 7.85. The van der Waals surface area contributed by atoms with Gasteiger partial charge in [0.05, 0.1) is 29.8 Å². The van der Waals surface area contributed by atoms with Gasteiger partial charge in [0.1, 0.15) is 36.3 Å². The van der Waals surface area contributed by atoms with Gasteiger partial charge in [0.15, 0.2) is 0 Å². The van der Waals surface area contributed by atoms with Crippen LogP contribution in [0.25, 0.3) is 0 Å². The molecule has 0 radical (unpaired) electrons. The Morgan fingerprint density at radius 1 is 0.776 bits per heavy atom. The number of nitrogens with one attached hydrogen (secondary N) is 5. The highest BCUT2D eigenvalue weighted by atomic mass is 32.1.